The first-order valence-electron chi connectivity index (χ1n) is 5.62. The predicted octanol–water partition coefficient (Wildman–Crippen LogP) is -0.328. The smallest absolute Gasteiger partial charge is 0.257 e. The Labute approximate surface area is 89.1 Å². The molecular weight excluding hydrogens is 190 g/mol. The molecule has 15 heavy (non-hydrogen) atoms. The molecule has 4 nitrogen and oxygen atoms in total. The molecule has 4 heteroatoms. The summed E-state index contributed by atoms with van der Waals surface area (Å²) in [6.07, 6.45) is 3.95. The Morgan fingerprint density at radius 1 is 1.47 bits per heavy atom. The second-order valence-corrected chi connectivity index (χ2v) is 4.11. The number of rotatable bonds is 2. The van der Waals surface area contributed by atoms with Gasteiger partial charge >= 0.3 is 0 Å². The molecule has 0 amide bonds. The minimum atomic E-state index is 0.167. The molecule has 0 fully saturated rings. The second-order valence-electron chi connectivity index (χ2n) is 4.11. The van der Waals surface area contributed by atoms with E-state index in [-0.39, 0.29) is 5.56 Å². The minimum Gasteiger partial charge on any atom is -0.357 e. The van der Waals surface area contributed by atoms with E-state index in [1.54, 1.807) is 0 Å². The van der Waals surface area contributed by atoms with E-state index in [1.807, 2.05) is 11.5 Å². The number of nitrogens with zero attached hydrogens (tertiary/aromatic N) is 2. The molecular formula is C11H18N3O+. The maximum Gasteiger partial charge on any atom is 0.257 e. The number of fused-ring (bicyclic) bond motifs is 1. The zero-order valence-electron chi connectivity index (χ0n) is 9.25. The van der Waals surface area contributed by atoms with Gasteiger partial charge in [0.1, 0.15) is 5.82 Å². The Morgan fingerprint density at radius 2 is 2.27 bits per heavy atom. The lowest BCUT2D eigenvalue weighted by atomic mass is 10.1. The van der Waals surface area contributed by atoms with E-state index in [2.05, 4.69) is 10.7 Å². The van der Waals surface area contributed by atoms with Crippen LogP contribution < -0.4 is 11.3 Å². The van der Waals surface area contributed by atoms with Crippen LogP contribution >= 0.6 is 0 Å². The maximum absolute atomic E-state index is 12.1. The number of quaternary nitrogens is 1. The van der Waals surface area contributed by atoms with E-state index in [1.165, 1.54) is 0 Å². The van der Waals surface area contributed by atoms with Crippen molar-refractivity contribution in [1.82, 2.24) is 9.55 Å². The Hall–Kier alpha value is -1.16. The molecule has 0 aromatic carbocycles. The molecule has 1 aliphatic rings. The molecule has 1 aromatic rings. The van der Waals surface area contributed by atoms with E-state index >= 15 is 0 Å². The Bertz CT molecular complexity index is 423. The van der Waals surface area contributed by atoms with Crippen molar-refractivity contribution in [3.8, 4) is 0 Å². The maximum atomic E-state index is 12.1. The Morgan fingerprint density at radius 3 is 3.00 bits per heavy atom. The molecule has 0 bridgehead atoms. The summed E-state index contributed by atoms with van der Waals surface area (Å²) in [6.45, 7) is 3.53. The number of hydrogen-bond donors (Lipinski definition) is 1. The molecule has 2 heterocycles. The van der Waals surface area contributed by atoms with Crippen LogP contribution in [0.2, 0.25) is 0 Å². The molecule has 0 saturated heterocycles. The molecule has 2 rings (SSSR count). The van der Waals surface area contributed by atoms with Gasteiger partial charge in [0.05, 0.1) is 6.54 Å². The van der Waals surface area contributed by atoms with Gasteiger partial charge < -0.3 is 5.73 Å². The third kappa shape index (κ3) is 1.81. The summed E-state index contributed by atoms with van der Waals surface area (Å²) >= 11 is 0. The molecule has 1 aliphatic heterocycles. The fourth-order valence-electron chi connectivity index (χ4n) is 2.20. The Kier molecular flexibility index (Phi) is 2.86. The molecule has 0 radical (unpaired) electrons. The van der Waals surface area contributed by atoms with Gasteiger partial charge in [-0.15, -0.1) is 0 Å². The highest BCUT2D eigenvalue weighted by Crippen LogP contribution is 2.12. The van der Waals surface area contributed by atoms with Crippen LogP contribution in [-0.2, 0) is 19.4 Å². The average molecular weight is 208 g/mol. The number of aromatic nitrogens is 2. The molecule has 1 aromatic heterocycles. The zero-order chi connectivity index (χ0) is 10.8. The summed E-state index contributed by atoms with van der Waals surface area (Å²) in [4.78, 5) is 16.6. The van der Waals surface area contributed by atoms with Gasteiger partial charge in [-0.25, -0.2) is 4.98 Å². The van der Waals surface area contributed by atoms with Crippen LogP contribution in [0.1, 0.15) is 29.9 Å². The molecule has 82 valence electrons. The molecule has 3 N–H and O–H groups in total. The van der Waals surface area contributed by atoms with Crippen molar-refractivity contribution in [1.29, 1.82) is 0 Å². The van der Waals surface area contributed by atoms with E-state index in [0.717, 1.165) is 55.9 Å². The Balaban J connectivity index is 2.54. The normalized spacial score (nSPS) is 15.1. The highest BCUT2D eigenvalue weighted by atomic mass is 16.1. The largest absolute Gasteiger partial charge is 0.357 e. The zero-order valence-corrected chi connectivity index (χ0v) is 9.25. The first-order valence-corrected chi connectivity index (χ1v) is 5.62. The average Bonchev–Trinajstić information content (AvgIpc) is 2.24. The highest BCUT2D eigenvalue weighted by molar-refractivity contribution is 5.18. The van der Waals surface area contributed by atoms with Gasteiger partial charge in [0.2, 0.25) is 0 Å². The highest BCUT2D eigenvalue weighted by Gasteiger charge is 2.16. The van der Waals surface area contributed by atoms with Gasteiger partial charge in [0.25, 0.3) is 5.56 Å². The van der Waals surface area contributed by atoms with Gasteiger partial charge in [-0.3, -0.25) is 9.36 Å². The minimum absolute atomic E-state index is 0.167. The van der Waals surface area contributed by atoms with Crippen molar-refractivity contribution >= 4 is 0 Å². The van der Waals surface area contributed by atoms with Crippen LogP contribution in [0.25, 0.3) is 0 Å². The van der Waals surface area contributed by atoms with E-state index < -0.39 is 0 Å². The van der Waals surface area contributed by atoms with Crippen molar-refractivity contribution < 1.29 is 5.73 Å². The predicted molar refractivity (Wildman–Crippen MR) is 57.6 cm³/mol. The summed E-state index contributed by atoms with van der Waals surface area (Å²) in [6, 6.07) is 0. The van der Waals surface area contributed by atoms with Gasteiger partial charge in [-0.2, -0.15) is 0 Å². The molecule has 0 saturated carbocycles. The monoisotopic (exact) mass is 208 g/mol. The molecule has 0 unspecified atom stereocenters. The summed E-state index contributed by atoms with van der Waals surface area (Å²) in [7, 11) is 0. The summed E-state index contributed by atoms with van der Waals surface area (Å²) in [5.41, 5.74) is 5.72. The van der Waals surface area contributed by atoms with Crippen molar-refractivity contribution in [2.75, 3.05) is 6.54 Å². The van der Waals surface area contributed by atoms with Crippen LogP contribution in [0, 0.1) is 6.92 Å². The standard InChI is InChI=1S/C11H17N3O/c1-8-9(5-6-12)11(15)14-7-3-2-4-10(14)13-8/h2-7,12H2,1H3/p+1. The number of aryl methyl sites for hydroxylation is 2. The van der Waals surface area contributed by atoms with Gasteiger partial charge in [0, 0.05) is 30.6 Å². The second kappa shape index (κ2) is 4.14. The third-order valence-corrected chi connectivity index (χ3v) is 3.01. The molecule has 0 spiro atoms. The van der Waals surface area contributed by atoms with E-state index in [9.17, 15) is 4.79 Å². The van der Waals surface area contributed by atoms with Crippen LogP contribution in [0.4, 0.5) is 0 Å². The summed E-state index contributed by atoms with van der Waals surface area (Å²) in [5.74, 6) is 0.969. The SMILES string of the molecule is Cc1nc2n(c(=O)c1CC[NH3+])CCCC2. The quantitative estimate of drug-likeness (QED) is 0.723. The van der Waals surface area contributed by atoms with Crippen molar-refractivity contribution in [3.63, 3.8) is 0 Å². The first kappa shape index (κ1) is 10.4. The lowest BCUT2D eigenvalue weighted by Gasteiger charge is -2.19. The van der Waals surface area contributed by atoms with Crippen LogP contribution in [0.3, 0.4) is 0 Å². The topological polar surface area (TPSA) is 62.5 Å². The van der Waals surface area contributed by atoms with Gasteiger partial charge in [-0.05, 0) is 19.8 Å². The summed E-state index contributed by atoms with van der Waals surface area (Å²) < 4.78 is 1.85. The van der Waals surface area contributed by atoms with Crippen LogP contribution in [0.15, 0.2) is 4.79 Å². The van der Waals surface area contributed by atoms with Crippen LogP contribution in [0.5, 0.6) is 0 Å². The fraction of sp³-hybridized carbons (Fsp3) is 0.636. The van der Waals surface area contributed by atoms with Gasteiger partial charge in [-0.1, -0.05) is 0 Å². The summed E-state index contributed by atoms with van der Waals surface area (Å²) in [5, 5.41) is 0. The first-order chi connectivity index (χ1) is 7.24. The lowest BCUT2D eigenvalue weighted by Crippen LogP contribution is -2.52. The van der Waals surface area contributed by atoms with Crippen molar-refractivity contribution in [3.05, 3.63) is 27.4 Å². The van der Waals surface area contributed by atoms with E-state index in [0.29, 0.717) is 0 Å². The molecule has 0 aliphatic carbocycles. The fourth-order valence-corrected chi connectivity index (χ4v) is 2.20. The number of hydrogen-bond acceptors (Lipinski definition) is 2. The van der Waals surface area contributed by atoms with Crippen LogP contribution in [-0.4, -0.2) is 16.1 Å². The lowest BCUT2D eigenvalue weighted by molar-refractivity contribution is -0.366. The van der Waals surface area contributed by atoms with Gasteiger partial charge in [0.15, 0.2) is 0 Å². The van der Waals surface area contributed by atoms with Crippen molar-refractivity contribution in [2.24, 2.45) is 0 Å². The molecule has 0 atom stereocenters. The van der Waals surface area contributed by atoms with E-state index in [4.69, 9.17) is 0 Å². The third-order valence-electron chi connectivity index (χ3n) is 3.01. The van der Waals surface area contributed by atoms with Crippen molar-refractivity contribution in [2.45, 2.75) is 39.2 Å².